The molecule has 1 aromatic heterocycles. The number of hydrogen-bond acceptors (Lipinski definition) is 2. The highest BCUT2D eigenvalue weighted by atomic mass is 35.5. The molecule has 0 fully saturated rings. The van der Waals surface area contributed by atoms with Crippen LogP contribution in [0.4, 0.5) is 5.69 Å². The average molecular weight is 315 g/mol. The summed E-state index contributed by atoms with van der Waals surface area (Å²) in [7, 11) is 1.87. The standard InChI is InChI=1S/C12H12Cl2N4S/c1-18-3-2-10(17-18)7-15-12(19)16-11-5-8(13)4-9(14)6-11/h2-6H,7H2,1H3,(H2,15,16,19). The second-order valence-electron chi connectivity index (χ2n) is 3.95. The van der Waals surface area contributed by atoms with Gasteiger partial charge in [0.2, 0.25) is 0 Å². The Morgan fingerprint density at radius 1 is 1.32 bits per heavy atom. The van der Waals surface area contributed by atoms with Crippen molar-refractivity contribution in [2.75, 3.05) is 5.32 Å². The summed E-state index contributed by atoms with van der Waals surface area (Å²) < 4.78 is 1.74. The van der Waals surface area contributed by atoms with Crippen LogP contribution in [-0.2, 0) is 13.6 Å². The van der Waals surface area contributed by atoms with Crippen molar-refractivity contribution in [3.63, 3.8) is 0 Å². The van der Waals surface area contributed by atoms with Gasteiger partial charge in [-0.25, -0.2) is 0 Å². The fourth-order valence-electron chi connectivity index (χ4n) is 1.53. The Balaban J connectivity index is 1.90. The van der Waals surface area contributed by atoms with Gasteiger partial charge in [-0.2, -0.15) is 5.10 Å². The van der Waals surface area contributed by atoms with E-state index < -0.39 is 0 Å². The van der Waals surface area contributed by atoms with Gasteiger partial charge in [0.15, 0.2) is 5.11 Å². The van der Waals surface area contributed by atoms with Crippen LogP contribution in [0.1, 0.15) is 5.69 Å². The maximum absolute atomic E-state index is 5.91. The lowest BCUT2D eigenvalue weighted by molar-refractivity contribution is 0.731. The van der Waals surface area contributed by atoms with E-state index in [-0.39, 0.29) is 0 Å². The summed E-state index contributed by atoms with van der Waals surface area (Å²) in [6, 6.07) is 7.09. The van der Waals surface area contributed by atoms with Crippen LogP contribution in [0.3, 0.4) is 0 Å². The smallest absolute Gasteiger partial charge is 0.171 e. The number of nitrogens with zero attached hydrogens (tertiary/aromatic N) is 2. The molecule has 4 nitrogen and oxygen atoms in total. The SMILES string of the molecule is Cn1ccc(CNC(=S)Nc2cc(Cl)cc(Cl)c2)n1. The molecule has 0 spiro atoms. The number of aromatic nitrogens is 2. The Morgan fingerprint density at radius 2 is 2.00 bits per heavy atom. The summed E-state index contributed by atoms with van der Waals surface area (Å²) in [6.45, 7) is 0.557. The summed E-state index contributed by atoms with van der Waals surface area (Å²) in [5.41, 5.74) is 1.66. The van der Waals surface area contributed by atoms with Gasteiger partial charge in [-0.15, -0.1) is 0 Å². The van der Waals surface area contributed by atoms with E-state index in [4.69, 9.17) is 35.4 Å². The van der Waals surface area contributed by atoms with Gasteiger partial charge in [-0.3, -0.25) is 4.68 Å². The maximum Gasteiger partial charge on any atom is 0.171 e. The van der Waals surface area contributed by atoms with E-state index in [1.807, 2.05) is 19.3 Å². The predicted molar refractivity (Wildman–Crippen MR) is 82.7 cm³/mol. The van der Waals surface area contributed by atoms with E-state index in [0.29, 0.717) is 21.7 Å². The molecule has 1 aromatic carbocycles. The molecule has 2 rings (SSSR count). The lowest BCUT2D eigenvalue weighted by Gasteiger charge is -2.10. The second kappa shape index (κ2) is 6.23. The van der Waals surface area contributed by atoms with Crippen molar-refractivity contribution >= 4 is 46.2 Å². The van der Waals surface area contributed by atoms with E-state index in [1.165, 1.54) is 0 Å². The molecule has 0 amide bonds. The largest absolute Gasteiger partial charge is 0.357 e. The summed E-state index contributed by atoms with van der Waals surface area (Å²) in [6.07, 6.45) is 1.88. The molecular weight excluding hydrogens is 303 g/mol. The van der Waals surface area contributed by atoms with Crippen LogP contribution in [-0.4, -0.2) is 14.9 Å². The number of nitrogens with one attached hydrogen (secondary N) is 2. The number of thiocarbonyl (C=S) groups is 1. The minimum atomic E-state index is 0.490. The number of halogens is 2. The first-order valence-corrected chi connectivity index (χ1v) is 6.69. The quantitative estimate of drug-likeness (QED) is 0.854. The Labute approximate surface area is 126 Å². The van der Waals surface area contributed by atoms with Crippen molar-refractivity contribution in [3.8, 4) is 0 Å². The molecule has 0 atom stereocenters. The van der Waals surface area contributed by atoms with Gasteiger partial charge in [-0.05, 0) is 36.5 Å². The summed E-state index contributed by atoms with van der Waals surface area (Å²) in [4.78, 5) is 0. The lowest BCUT2D eigenvalue weighted by Crippen LogP contribution is -2.28. The molecular formula is C12H12Cl2N4S. The highest BCUT2D eigenvalue weighted by Crippen LogP contribution is 2.22. The van der Waals surface area contributed by atoms with Crippen LogP contribution < -0.4 is 10.6 Å². The number of benzene rings is 1. The van der Waals surface area contributed by atoms with Crippen molar-refractivity contribution in [2.24, 2.45) is 7.05 Å². The minimum absolute atomic E-state index is 0.490. The summed E-state index contributed by atoms with van der Waals surface area (Å²) in [5.74, 6) is 0. The van der Waals surface area contributed by atoms with E-state index in [0.717, 1.165) is 11.4 Å². The second-order valence-corrected chi connectivity index (χ2v) is 5.23. The molecule has 1 heterocycles. The molecule has 2 aromatic rings. The van der Waals surface area contributed by atoms with Crippen molar-refractivity contribution < 1.29 is 0 Å². The maximum atomic E-state index is 5.91. The molecule has 0 aliphatic rings. The first-order chi connectivity index (χ1) is 9.02. The lowest BCUT2D eigenvalue weighted by atomic mass is 10.3. The third-order valence-electron chi connectivity index (χ3n) is 2.32. The molecule has 2 N–H and O–H groups in total. The van der Waals surface area contributed by atoms with Crippen molar-refractivity contribution in [1.29, 1.82) is 0 Å². The highest BCUT2D eigenvalue weighted by molar-refractivity contribution is 7.80. The van der Waals surface area contributed by atoms with Crippen molar-refractivity contribution in [2.45, 2.75) is 6.54 Å². The number of anilines is 1. The van der Waals surface area contributed by atoms with Gasteiger partial charge in [0.25, 0.3) is 0 Å². The highest BCUT2D eigenvalue weighted by Gasteiger charge is 2.02. The first kappa shape index (κ1) is 14.1. The number of rotatable bonds is 3. The minimum Gasteiger partial charge on any atom is -0.357 e. The molecule has 7 heteroatoms. The zero-order valence-electron chi connectivity index (χ0n) is 10.2. The fraction of sp³-hybridized carbons (Fsp3) is 0.167. The molecule has 100 valence electrons. The van der Waals surface area contributed by atoms with Gasteiger partial charge in [0.1, 0.15) is 0 Å². The molecule has 0 bridgehead atoms. The Bertz CT molecular complexity index is 577. The average Bonchev–Trinajstić information content (AvgIpc) is 2.71. The van der Waals surface area contributed by atoms with Crippen LogP contribution in [0.15, 0.2) is 30.5 Å². The molecule has 0 aliphatic carbocycles. The normalized spacial score (nSPS) is 10.3. The molecule has 19 heavy (non-hydrogen) atoms. The van der Waals surface area contributed by atoms with E-state index in [1.54, 1.807) is 22.9 Å². The fourth-order valence-corrected chi connectivity index (χ4v) is 2.25. The van der Waals surface area contributed by atoms with E-state index in [9.17, 15) is 0 Å². The number of aryl methyl sites for hydroxylation is 1. The van der Waals surface area contributed by atoms with E-state index >= 15 is 0 Å². The molecule has 0 radical (unpaired) electrons. The zero-order valence-corrected chi connectivity index (χ0v) is 12.5. The number of hydrogen-bond donors (Lipinski definition) is 2. The van der Waals surface area contributed by atoms with E-state index in [2.05, 4.69) is 15.7 Å². The van der Waals surface area contributed by atoms with Crippen LogP contribution in [0.5, 0.6) is 0 Å². The van der Waals surface area contributed by atoms with Crippen molar-refractivity contribution in [1.82, 2.24) is 15.1 Å². The van der Waals surface area contributed by atoms with Crippen LogP contribution >= 0.6 is 35.4 Å². The first-order valence-electron chi connectivity index (χ1n) is 5.52. The zero-order chi connectivity index (χ0) is 13.8. The third-order valence-corrected chi connectivity index (χ3v) is 3.00. The Kier molecular flexibility index (Phi) is 4.63. The third kappa shape index (κ3) is 4.38. The van der Waals surface area contributed by atoms with Gasteiger partial charge in [-0.1, -0.05) is 23.2 Å². The van der Waals surface area contributed by atoms with Crippen molar-refractivity contribution in [3.05, 3.63) is 46.2 Å². The predicted octanol–water partition coefficient (Wildman–Crippen LogP) is 3.21. The molecule has 0 saturated carbocycles. The van der Waals surface area contributed by atoms with Gasteiger partial charge < -0.3 is 10.6 Å². The monoisotopic (exact) mass is 314 g/mol. The topological polar surface area (TPSA) is 41.9 Å². The van der Waals surface area contributed by atoms with Crippen LogP contribution in [0.2, 0.25) is 10.0 Å². The summed E-state index contributed by atoms with van der Waals surface area (Å²) in [5, 5.41) is 11.9. The van der Waals surface area contributed by atoms with Gasteiger partial charge >= 0.3 is 0 Å². The van der Waals surface area contributed by atoms with Gasteiger partial charge in [0, 0.05) is 29.0 Å². The summed E-state index contributed by atoms with van der Waals surface area (Å²) >= 11 is 17.0. The van der Waals surface area contributed by atoms with Crippen LogP contribution in [0, 0.1) is 0 Å². The Morgan fingerprint density at radius 3 is 2.58 bits per heavy atom. The molecule has 0 aliphatic heterocycles. The molecule has 0 saturated heterocycles. The molecule has 0 unspecified atom stereocenters. The van der Waals surface area contributed by atoms with Crippen LogP contribution in [0.25, 0.3) is 0 Å². The van der Waals surface area contributed by atoms with Gasteiger partial charge in [0.05, 0.1) is 12.2 Å². The Hall–Kier alpha value is -1.30.